The molecule has 176 valence electrons. The van der Waals surface area contributed by atoms with E-state index in [9.17, 15) is 19.5 Å². The monoisotopic (exact) mass is 501 g/mol. The van der Waals surface area contributed by atoms with Gasteiger partial charge in [-0.25, -0.2) is 14.3 Å². The molecule has 0 saturated carbocycles. The summed E-state index contributed by atoms with van der Waals surface area (Å²) in [6.07, 6.45) is 7.24. The molecule has 2 amide bonds. The van der Waals surface area contributed by atoms with Gasteiger partial charge in [-0.1, -0.05) is 11.2 Å². The molecule has 2 aliphatic heterocycles. The van der Waals surface area contributed by atoms with Crippen LogP contribution in [0.15, 0.2) is 51.7 Å². The molecule has 0 spiro atoms. The number of nitrogens with zero attached hydrogens (tertiary/aromatic N) is 4. The summed E-state index contributed by atoms with van der Waals surface area (Å²) in [6, 6.07) is 2.38. The van der Waals surface area contributed by atoms with Crippen molar-refractivity contribution in [3.63, 3.8) is 0 Å². The molecule has 2 aliphatic rings. The van der Waals surface area contributed by atoms with E-state index >= 15 is 0 Å². The second-order valence-electron chi connectivity index (χ2n) is 7.38. The summed E-state index contributed by atoms with van der Waals surface area (Å²) in [7, 11) is 3.18. The standard InChI is InChI=1S/C21H20N6O5S2/c1-26-7-5-11(6-8-26)3-4-14-17(20(30)31)27-13(10-33-14)16(19(27)29)24-18(28)15(25-32-2)12-9-34-21(22)23-12/h3-9,13,16H,10H2,1-2H3,(H3-,22,23,24,28,30,31)/p+1/b25-15+/t13-,16+/m1/s1. The van der Waals surface area contributed by atoms with Gasteiger partial charge in [0.2, 0.25) is 0 Å². The lowest BCUT2D eigenvalue weighted by atomic mass is 9.94. The molecule has 0 unspecified atom stereocenters. The molecule has 4 rings (SSSR count). The van der Waals surface area contributed by atoms with Crippen LogP contribution in [-0.2, 0) is 26.3 Å². The number of thioether (sulfide) groups is 1. The van der Waals surface area contributed by atoms with E-state index in [0.717, 1.165) is 16.9 Å². The Hall–Kier alpha value is -3.71. The smallest absolute Gasteiger partial charge is 0.353 e. The summed E-state index contributed by atoms with van der Waals surface area (Å²) in [5.74, 6) is -1.98. The fraction of sp³-hybridized carbons (Fsp3) is 0.238. The molecule has 0 aliphatic carbocycles. The Kier molecular flexibility index (Phi) is 6.65. The van der Waals surface area contributed by atoms with Crippen LogP contribution in [0.4, 0.5) is 5.13 Å². The first-order chi connectivity index (χ1) is 16.3. The van der Waals surface area contributed by atoms with E-state index in [4.69, 9.17) is 10.6 Å². The fourth-order valence-electron chi connectivity index (χ4n) is 3.54. The number of aryl methyl sites for hydroxylation is 1. The average Bonchev–Trinajstić information content (AvgIpc) is 3.25. The molecule has 0 aromatic carbocycles. The Morgan fingerprint density at radius 2 is 2.12 bits per heavy atom. The molecule has 2 aromatic heterocycles. The van der Waals surface area contributed by atoms with Crippen LogP contribution in [0.3, 0.4) is 0 Å². The quantitative estimate of drug-likeness (QED) is 0.213. The lowest BCUT2D eigenvalue weighted by molar-refractivity contribution is -0.671. The molecule has 0 radical (unpaired) electrons. The predicted molar refractivity (Wildman–Crippen MR) is 126 cm³/mol. The van der Waals surface area contributed by atoms with E-state index in [2.05, 4.69) is 15.5 Å². The first-order valence-corrected chi connectivity index (χ1v) is 11.9. The van der Waals surface area contributed by atoms with Crippen molar-refractivity contribution in [3.8, 4) is 0 Å². The van der Waals surface area contributed by atoms with Crippen molar-refractivity contribution in [3.05, 3.63) is 57.8 Å². The van der Waals surface area contributed by atoms with Crippen LogP contribution >= 0.6 is 23.1 Å². The van der Waals surface area contributed by atoms with Gasteiger partial charge in [-0.3, -0.25) is 14.5 Å². The van der Waals surface area contributed by atoms with Crippen LogP contribution in [0.2, 0.25) is 0 Å². The van der Waals surface area contributed by atoms with Crippen molar-refractivity contribution in [2.45, 2.75) is 12.1 Å². The fourth-order valence-corrected chi connectivity index (χ4v) is 5.27. The Bertz CT molecular complexity index is 1240. The van der Waals surface area contributed by atoms with Gasteiger partial charge in [-0.15, -0.1) is 23.1 Å². The summed E-state index contributed by atoms with van der Waals surface area (Å²) in [5, 5.41) is 18.0. The van der Waals surface area contributed by atoms with E-state index in [0.29, 0.717) is 10.7 Å². The summed E-state index contributed by atoms with van der Waals surface area (Å²) in [5.41, 5.74) is 6.52. The zero-order valence-electron chi connectivity index (χ0n) is 18.2. The molecule has 4 heterocycles. The first kappa shape index (κ1) is 23.4. The van der Waals surface area contributed by atoms with E-state index < -0.39 is 29.9 Å². The van der Waals surface area contributed by atoms with Gasteiger partial charge in [0.25, 0.3) is 11.8 Å². The van der Waals surface area contributed by atoms with Gasteiger partial charge in [0.15, 0.2) is 23.2 Å². The van der Waals surface area contributed by atoms with E-state index in [1.807, 2.05) is 36.1 Å². The Morgan fingerprint density at radius 3 is 2.74 bits per heavy atom. The SMILES string of the molecule is CO/N=C(/C(=O)N[C@@H]1C(=O)N2C(C(=O)O)=C(/C=C/c3cc[n+](C)cc3)SC[C@H]12)c1csc(N)n1. The van der Waals surface area contributed by atoms with Gasteiger partial charge < -0.3 is 21.0 Å². The van der Waals surface area contributed by atoms with E-state index in [1.165, 1.54) is 23.8 Å². The largest absolute Gasteiger partial charge is 0.477 e. The number of nitrogen functional groups attached to an aromatic ring is 1. The lowest BCUT2D eigenvalue weighted by Gasteiger charge is -2.49. The molecule has 11 nitrogen and oxygen atoms in total. The molecular weight excluding hydrogens is 480 g/mol. The number of carbonyl (C=O) groups excluding carboxylic acids is 2. The van der Waals surface area contributed by atoms with E-state index in [-0.39, 0.29) is 22.2 Å². The van der Waals surface area contributed by atoms with Crippen molar-refractivity contribution in [1.29, 1.82) is 0 Å². The Morgan fingerprint density at radius 1 is 1.38 bits per heavy atom. The maximum atomic E-state index is 12.9. The molecule has 2 aromatic rings. The number of nitrogens with one attached hydrogen (secondary N) is 1. The summed E-state index contributed by atoms with van der Waals surface area (Å²) in [6.45, 7) is 0. The van der Waals surface area contributed by atoms with Crippen molar-refractivity contribution in [1.82, 2.24) is 15.2 Å². The zero-order valence-corrected chi connectivity index (χ0v) is 19.8. The lowest BCUT2D eigenvalue weighted by Crippen LogP contribution is -2.72. The van der Waals surface area contributed by atoms with Crippen LogP contribution < -0.4 is 15.6 Å². The molecule has 34 heavy (non-hydrogen) atoms. The number of hydrogen-bond donors (Lipinski definition) is 3. The number of rotatable bonds is 7. The van der Waals surface area contributed by atoms with Crippen LogP contribution in [0.5, 0.6) is 0 Å². The van der Waals surface area contributed by atoms with Crippen molar-refractivity contribution >= 4 is 57.8 Å². The second-order valence-corrected chi connectivity index (χ2v) is 9.33. The third-order valence-corrected chi connectivity index (χ3v) is 7.01. The number of nitrogens with two attached hydrogens (primary N) is 1. The predicted octanol–water partition coefficient (Wildman–Crippen LogP) is 0.352. The highest BCUT2D eigenvalue weighted by atomic mass is 32.2. The molecular formula is C21H21N6O5S2+. The maximum Gasteiger partial charge on any atom is 0.353 e. The number of allylic oxidation sites excluding steroid dienone is 1. The normalized spacial score (nSPS) is 20.2. The van der Waals surface area contributed by atoms with Crippen LogP contribution in [0.1, 0.15) is 11.3 Å². The number of carboxylic acid groups (broad SMARTS) is 1. The number of thiazole rings is 1. The number of aliphatic carboxylic acids is 1. The topological polar surface area (TPSA) is 151 Å². The first-order valence-electron chi connectivity index (χ1n) is 10.0. The van der Waals surface area contributed by atoms with Crippen molar-refractivity contribution < 1.29 is 28.9 Å². The molecule has 4 N–H and O–H groups in total. The number of aromatic nitrogens is 2. The minimum Gasteiger partial charge on any atom is -0.477 e. The minimum absolute atomic E-state index is 0.104. The number of fused-ring (bicyclic) bond motifs is 1. The second kappa shape index (κ2) is 9.65. The van der Waals surface area contributed by atoms with Crippen molar-refractivity contribution in [2.75, 3.05) is 18.6 Å². The highest BCUT2D eigenvalue weighted by molar-refractivity contribution is 8.03. The Balaban J connectivity index is 1.53. The third-order valence-electron chi connectivity index (χ3n) is 5.19. The number of carboxylic acids is 1. The molecule has 0 bridgehead atoms. The van der Waals surface area contributed by atoms with Gasteiger partial charge in [-0.2, -0.15) is 0 Å². The molecule has 1 fully saturated rings. The third kappa shape index (κ3) is 4.52. The van der Waals surface area contributed by atoms with Crippen LogP contribution in [-0.4, -0.2) is 63.4 Å². The Labute approximate surface area is 202 Å². The number of anilines is 1. The minimum atomic E-state index is -1.21. The number of amides is 2. The highest BCUT2D eigenvalue weighted by Crippen LogP contribution is 2.39. The summed E-state index contributed by atoms with van der Waals surface area (Å²) >= 11 is 2.45. The van der Waals surface area contributed by atoms with Gasteiger partial charge in [0, 0.05) is 28.2 Å². The number of carbonyl (C=O) groups is 3. The van der Waals surface area contributed by atoms with Gasteiger partial charge in [0.05, 0.1) is 6.04 Å². The molecule has 1 saturated heterocycles. The number of hydrogen-bond acceptors (Lipinski definition) is 9. The van der Waals surface area contributed by atoms with Crippen LogP contribution in [0, 0.1) is 0 Å². The maximum absolute atomic E-state index is 12.9. The number of β-lactam (4-membered cyclic amide) rings is 1. The molecule has 13 heteroatoms. The zero-order chi connectivity index (χ0) is 24.4. The van der Waals surface area contributed by atoms with E-state index in [1.54, 1.807) is 17.5 Å². The van der Waals surface area contributed by atoms with Gasteiger partial charge >= 0.3 is 5.97 Å². The van der Waals surface area contributed by atoms with Gasteiger partial charge in [0.1, 0.15) is 31.6 Å². The van der Waals surface area contributed by atoms with Gasteiger partial charge in [-0.05, 0) is 11.6 Å². The number of pyridine rings is 1. The summed E-state index contributed by atoms with van der Waals surface area (Å²) < 4.78 is 1.89. The average molecular weight is 502 g/mol. The van der Waals surface area contributed by atoms with Crippen molar-refractivity contribution in [2.24, 2.45) is 12.2 Å². The molecule has 2 atom stereocenters. The highest BCUT2D eigenvalue weighted by Gasteiger charge is 2.54. The van der Waals surface area contributed by atoms with Crippen LogP contribution in [0.25, 0.3) is 6.08 Å². The summed E-state index contributed by atoms with van der Waals surface area (Å²) in [4.78, 5) is 48.2. The number of oxime groups is 1.